The van der Waals surface area contributed by atoms with Crippen molar-refractivity contribution in [2.45, 2.75) is 11.3 Å². The molecule has 0 bridgehead atoms. The summed E-state index contributed by atoms with van der Waals surface area (Å²) in [6.07, 6.45) is 2.03. The molecule has 140 valence electrons. The number of nitrogens with zero attached hydrogens (tertiary/aromatic N) is 1. The van der Waals surface area contributed by atoms with E-state index in [1.54, 1.807) is 18.2 Å². The summed E-state index contributed by atoms with van der Waals surface area (Å²) >= 11 is 0. The molecule has 0 radical (unpaired) electrons. The van der Waals surface area contributed by atoms with Crippen LogP contribution in [0.3, 0.4) is 0 Å². The van der Waals surface area contributed by atoms with E-state index in [1.807, 2.05) is 0 Å². The summed E-state index contributed by atoms with van der Waals surface area (Å²) in [7, 11) is -2.12. The van der Waals surface area contributed by atoms with Gasteiger partial charge < -0.3 is 9.47 Å². The van der Waals surface area contributed by atoms with Crippen molar-refractivity contribution in [3.63, 3.8) is 0 Å². The quantitative estimate of drug-likeness (QED) is 0.468. The van der Waals surface area contributed by atoms with E-state index < -0.39 is 10.0 Å². The molecule has 2 aromatic carbocycles. The van der Waals surface area contributed by atoms with Gasteiger partial charge in [0.05, 0.1) is 18.6 Å². The van der Waals surface area contributed by atoms with Gasteiger partial charge in [-0.05, 0) is 55.0 Å². The number of rotatable bonds is 10. The fourth-order valence-corrected chi connectivity index (χ4v) is 3.76. The highest BCUT2D eigenvalue weighted by molar-refractivity contribution is 7.89. The molecule has 0 spiro atoms. The predicted molar refractivity (Wildman–Crippen MR) is 98.5 cm³/mol. The van der Waals surface area contributed by atoms with E-state index in [2.05, 4.69) is 6.58 Å². The second kappa shape index (κ2) is 9.35. The molecule has 0 aliphatic rings. The third kappa shape index (κ3) is 5.31. The molecule has 2 aromatic rings. The van der Waals surface area contributed by atoms with Crippen molar-refractivity contribution >= 4 is 10.0 Å². The van der Waals surface area contributed by atoms with Crippen LogP contribution in [-0.4, -0.2) is 39.5 Å². The molecule has 0 fully saturated rings. The normalized spacial score (nSPS) is 11.3. The monoisotopic (exact) mass is 379 g/mol. The van der Waals surface area contributed by atoms with Crippen molar-refractivity contribution in [1.29, 1.82) is 0 Å². The topological polar surface area (TPSA) is 55.8 Å². The molecule has 0 aliphatic heterocycles. The Bertz CT molecular complexity index is 804. The van der Waals surface area contributed by atoms with Crippen LogP contribution < -0.4 is 9.47 Å². The van der Waals surface area contributed by atoms with Gasteiger partial charge >= 0.3 is 0 Å². The van der Waals surface area contributed by atoms with Gasteiger partial charge in [0, 0.05) is 13.1 Å². The SMILES string of the molecule is C=CCN(CCCOc1ccc(F)cc1)S(=O)(=O)c1ccc(OC)cc1. The highest BCUT2D eigenvalue weighted by Crippen LogP contribution is 2.20. The molecule has 26 heavy (non-hydrogen) atoms. The van der Waals surface area contributed by atoms with Gasteiger partial charge in [-0.25, -0.2) is 12.8 Å². The second-order valence-corrected chi connectivity index (χ2v) is 7.42. The lowest BCUT2D eigenvalue weighted by molar-refractivity contribution is 0.292. The van der Waals surface area contributed by atoms with Crippen LogP contribution in [0.5, 0.6) is 11.5 Å². The molecule has 0 saturated carbocycles. The summed E-state index contributed by atoms with van der Waals surface area (Å²) in [5, 5.41) is 0. The first-order valence-electron chi connectivity index (χ1n) is 8.11. The van der Waals surface area contributed by atoms with Crippen LogP contribution in [0, 0.1) is 5.82 Å². The molecule has 0 aliphatic carbocycles. The van der Waals surface area contributed by atoms with E-state index in [1.165, 1.54) is 47.8 Å². The summed E-state index contributed by atoms with van der Waals surface area (Å²) in [5.74, 6) is 0.798. The molecule has 5 nitrogen and oxygen atoms in total. The molecule has 0 N–H and O–H groups in total. The largest absolute Gasteiger partial charge is 0.497 e. The van der Waals surface area contributed by atoms with Gasteiger partial charge in [-0.3, -0.25) is 0 Å². The van der Waals surface area contributed by atoms with Gasteiger partial charge in [0.2, 0.25) is 10.0 Å². The van der Waals surface area contributed by atoms with Crippen LogP contribution in [0.2, 0.25) is 0 Å². The molecule has 0 unspecified atom stereocenters. The fraction of sp³-hybridized carbons (Fsp3) is 0.263. The van der Waals surface area contributed by atoms with Gasteiger partial charge in [-0.15, -0.1) is 6.58 Å². The molecule has 0 saturated heterocycles. The molecule has 7 heteroatoms. The Hall–Kier alpha value is -2.38. The van der Waals surface area contributed by atoms with Crippen molar-refractivity contribution in [1.82, 2.24) is 4.31 Å². The minimum absolute atomic E-state index is 0.194. The summed E-state index contributed by atoms with van der Waals surface area (Å²) in [5.41, 5.74) is 0. The molecule has 0 heterocycles. The number of methoxy groups -OCH3 is 1. The maximum absolute atomic E-state index is 12.9. The lowest BCUT2D eigenvalue weighted by Crippen LogP contribution is -2.33. The van der Waals surface area contributed by atoms with E-state index >= 15 is 0 Å². The fourth-order valence-electron chi connectivity index (χ4n) is 2.31. The van der Waals surface area contributed by atoms with Crippen LogP contribution in [0.4, 0.5) is 4.39 Å². The highest BCUT2D eigenvalue weighted by Gasteiger charge is 2.23. The molecule has 0 aromatic heterocycles. The van der Waals surface area contributed by atoms with Crippen molar-refractivity contribution in [2.24, 2.45) is 0 Å². The predicted octanol–water partition coefficient (Wildman–Crippen LogP) is 3.48. The van der Waals surface area contributed by atoms with E-state index in [4.69, 9.17) is 9.47 Å². The average molecular weight is 379 g/mol. The zero-order chi connectivity index (χ0) is 19.0. The van der Waals surface area contributed by atoms with Gasteiger partial charge in [-0.2, -0.15) is 4.31 Å². The van der Waals surface area contributed by atoms with E-state index in [0.717, 1.165) is 0 Å². The van der Waals surface area contributed by atoms with Crippen LogP contribution in [0.15, 0.2) is 66.1 Å². The minimum Gasteiger partial charge on any atom is -0.497 e. The Morgan fingerprint density at radius 3 is 2.27 bits per heavy atom. The van der Waals surface area contributed by atoms with Gasteiger partial charge in [0.15, 0.2) is 0 Å². The van der Waals surface area contributed by atoms with Crippen LogP contribution in [-0.2, 0) is 10.0 Å². The summed E-state index contributed by atoms with van der Waals surface area (Å²) < 4.78 is 50.3. The lowest BCUT2D eigenvalue weighted by atomic mass is 10.3. The van der Waals surface area contributed by atoms with E-state index in [9.17, 15) is 12.8 Å². The Kier molecular flexibility index (Phi) is 7.17. The number of benzene rings is 2. The van der Waals surface area contributed by atoms with Crippen molar-refractivity contribution < 1.29 is 22.3 Å². The van der Waals surface area contributed by atoms with Gasteiger partial charge in [0.25, 0.3) is 0 Å². The van der Waals surface area contributed by atoms with Crippen LogP contribution in [0.1, 0.15) is 6.42 Å². The number of hydrogen-bond acceptors (Lipinski definition) is 4. The molecule has 0 amide bonds. The maximum atomic E-state index is 12.9. The standard InChI is InChI=1S/C19H22FNO4S/c1-3-13-21(14-4-15-25-18-7-5-16(20)6-8-18)26(22,23)19-11-9-17(24-2)10-12-19/h3,5-12H,1,4,13-15H2,2H3. The molecular formula is C19H22FNO4S. The summed E-state index contributed by atoms with van der Waals surface area (Å²) in [6.45, 7) is 4.42. The summed E-state index contributed by atoms with van der Waals surface area (Å²) in [4.78, 5) is 0.194. The Morgan fingerprint density at radius 1 is 1.08 bits per heavy atom. The van der Waals surface area contributed by atoms with Crippen molar-refractivity contribution in [3.05, 3.63) is 67.0 Å². The van der Waals surface area contributed by atoms with E-state index in [-0.39, 0.29) is 23.8 Å². The van der Waals surface area contributed by atoms with Gasteiger partial charge in [-0.1, -0.05) is 6.08 Å². The number of sulfonamides is 1. The number of hydrogen-bond donors (Lipinski definition) is 0. The first-order valence-corrected chi connectivity index (χ1v) is 9.55. The Balaban J connectivity index is 1.97. The zero-order valence-electron chi connectivity index (χ0n) is 14.6. The molecule has 0 atom stereocenters. The van der Waals surface area contributed by atoms with Crippen LogP contribution >= 0.6 is 0 Å². The second-order valence-electron chi connectivity index (χ2n) is 5.48. The number of ether oxygens (including phenoxy) is 2. The first-order chi connectivity index (χ1) is 12.5. The Morgan fingerprint density at radius 2 is 1.69 bits per heavy atom. The molecular weight excluding hydrogens is 357 g/mol. The zero-order valence-corrected chi connectivity index (χ0v) is 15.4. The van der Waals surface area contributed by atoms with Crippen LogP contribution in [0.25, 0.3) is 0 Å². The average Bonchev–Trinajstić information content (AvgIpc) is 2.65. The maximum Gasteiger partial charge on any atom is 0.243 e. The van der Waals surface area contributed by atoms with Crippen molar-refractivity contribution in [2.75, 3.05) is 26.8 Å². The summed E-state index contributed by atoms with van der Waals surface area (Å²) in [6, 6.07) is 11.9. The smallest absolute Gasteiger partial charge is 0.243 e. The lowest BCUT2D eigenvalue weighted by Gasteiger charge is -2.21. The van der Waals surface area contributed by atoms with Gasteiger partial charge in [0.1, 0.15) is 17.3 Å². The highest BCUT2D eigenvalue weighted by atomic mass is 32.2. The third-order valence-corrected chi connectivity index (χ3v) is 5.54. The van der Waals surface area contributed by atoms with Crippen molar-refractivity contribution in [3.8, 4) is 11.5 Å². The minimum atomic E-state index is -3.64. The Labute approximate surface area is 153 Å². The van der Waals surface area contributed by atoms with E-state index in [0.29, 0.717) is 24.5 Å². The number of halogens is 1. The first kappa shape index (κ1) is 19.9. The third-order valence-electron chi connectivity index (χ3n) is 3.66. The molecule has 2 rings (SSSR count).